The Hall–Kier alpha value is -3.42. The van der Waals surface area contributed by atoms with Gasteiger partial charge in [-0.05, 0) is 48.2 Å². The standard InChI is InChI=1S/C29H30N2O5/c1-33-24-5-3-2-4-23(24)28(31-12-14-34-15-13-31)20-6-8-22(30-18-20)17-27(32)29(10-11-29)21-7-9-25-26(16-21)36-19-35-25/h2-9,16,18,28H,10-15,17,19H2,1H3. The van der Waals surface area contributed by atoms with Crippen LogP contribution in [-0.4, -0.2) is 55.9 Å². The zero-order valence-corrected chi connectivity index (χ0v) is 20.4. The van der Waals surface area contributed by atoms with E-state index in [0.717, 1.165) is 65.6 Å². The van der Waals surface area contributed by atoms with Crippen molar-refractivity contribution in [2.75, 3.05) is 40.2 Å². The number of methoxy groups -OCH3 is 1. The van der Waals surface area contributed by atoms with E-state index in [2.05, 4.69) is 17.0 Å². The summed E-state index contributed by atoms with van der Waals surface area (Å²) in [5.41, 5.74) is 3.55. The van der Waals surface area contributed by atoms with E-state index in [1.807, 2.05) is 48.7 Å². The lowest BCUT2D eigenvalue weighted by molar-refractivity contribution is -0.120. The largest absolute Gasteiger partial charge is 0.496 e. The van der Waals surface area contributed by atoms with Gasteiger partial charge in [-0.25, -0.2) is 0 Å². The van der Waals surface area contributed by atoms with Gasteiger partial charge in [0.1, 0.15) is 11.5 Å². The van der Waals surface area contributed by atoms with Crippen LogP contribution in [0.2, 0.25) is 0 Å². The lowest BCUT2D eigenvalue weighted by atomic mass is 9.88. The minimum Gasteiger partial charge on any atom is -0.496 e. The number of morpholine rings is 1. The molecule has 1 aromatic heterocycles. The molecule has 1 unspecified atom stereocenters. The molecule has 0 spiro atoms. The summed E-state index contributed by atoms with van der Waals surface area (Å²) in [5, 5.41) is 0. The van der Waals surface area contributed by atoms with Crippen LogP contribution in [-0.2, 0) is 21.4 Å². The molecular weight excluding hydrogens is 456 g/mol. The molecule has 0 radical (unpaired) electrons. The summed E-state index contributed by atoms with van der Waals surface area (Å²) in [7, 11) is 1.70. The summed E-state index contributed by atoms with van der Waals surface area (Å²) in [6, 6.07) is 18.1. The highest BCUT2D eigenvalue weighted by Crippen LogP contribution is 2.51. The highest BCUT2D eigenvalue weighted by molar-refractivity contribution is 5.94. The molecule has 186 valence electrons. The Morgan fingerprint density at radius 3 is 2.61 bits per heavy atom. The third-order valence-corrected chi connectivity index (χ3v) is 7.56. The highest BCUT2D eigenvalue weighted by Gasteiger charge is 2.51. The summed E-state index contributed by atoms with van der Waals surface area (Å²) < 4.78 is 22.2. The predicted molar refractivity (Wildman–Crippen MR) is 134 cm³/mol. The predicted octanol–water partition coefficient (Wildman–Crippen LogP) is 4.08. The monoisotopic (exact) mass is 486 g/mol. The van der Waals surface area contributed by atoms with E-state index in [1.165, 1.54) is 0 Å². The number of aromatic nitrogens is 1. The van der Waals surface area contributed by atoms with Crippen LogP contribution in [0.15, 0.2) is 60.8 Å². The highest BCUT2D eigenvalue weighted by atomic mass is 16.7. The van der Waals surface area contributed by atoms with Gasteiger partial charge >= 0.3 is 0 Å². The second-order valence-electron chi connectivity index (χ2n) is 9.63. The van der Waals surface area contributed by atoms with Crippen molar-refractivity contribution in [2.45, 2.75) is 30.7 Å². The molecule has 3 aromatic rings. The van der Waals surface area contributed by atoms with Crippen LogP contribution in [0.4, 0.5) is 0 Å². The molecule has 7 nitrogen and oxygen atoms in total. The zero-order valence-electron chi connectivity index (χ0n) is 20.4. The van der Waals surface area contributed by atoms with Crippen molar-refractivity contribution in [1.29, 1.82) is 0 Å². The molecule has 1 saturated carbocycles. The summed E-state index contributed by atoms with van der Waals surface area (Å²) in [6.07, 6.45) is 3.94. The fraction of sp³-hybridized carbons (Fsp3) is 0.379. The van der Waals surface area contributed by atoms with E-state index in [1.54, 1.807) is 7.11 Å². The van der Waals surface area contributed by atoms with Gasteiger partial charge in [0.15, 0.2) is 11.5 Å². The van der Waals surface area contributed by atoms with Gasteiger partial charge in [-0.15, -0.1) is 0 Å². The number of para-hydroxylation sites is 1. The topological polar surface area (TPSA) is 70.1 Å². The molecule has 1 aliphatic carbocycles. The Morgan fingerprint density at radius 1 is 1.06 bits per heavy atom. The van der Waals surface area contributed by atoms with Gasteiger partial charge in [0.25, 0.3) is 0 Å². The van der Waals surface area contributed by atoms with Crippen LogP contribution in [0.25, 0.3) is 0 Å². The molecule has 7 heteroatoms. The average Bonchev–Trinajstić information content (AvgIpc) is 3.61. The van der Waals surface area contributed by atoms with Gasteiger partial charge in [-0.3, -0.25) is 14.7 Å². The summed E-state index contributed by atoms with van der Waals surface area (Å²) in [6.45, 7) is 3.31. The molecule has 36 heavy (non-hydrogen) atoms. The number of ketones is 1. The van der Waals surface area contributed by atoms with Crippen LogP contribution < -0.4 is 14.2 Å². The van der Waals surface area contributed by atoms with Crippen molar-refractivity contribution in [2.24, 2.45) is 0 Å². The number of ether oxygens (including phenoxy) is 4. The number of pyridine rings is 1. The van der Waals surface area contributed by atoms with E-state index in [9.17, 15) is 4.79 Å². The number of rotatable bonds is 8. The number of hydrogen-bond acceptors (Lipinski definition) is 7. The second-order valence-corrected chi connectivity index (χ2v) is 9.63. The van der Waals surface area contributed by atoms with Crippen LogP contribution >= 0.6 is 0 Å². The molecule has 0 N–H and O–H groups in total. The van der Waals surface area contributed by atoms with E-state index in [4.69, 9.17) is 23.9 Å². The SMILES string of the molecule is COc1ccccc1C(c1ccc(CC(=O)C2(c3ccc4c(c3)OCO4)CC2)nc1)N1CCOCC1. The van der Waals surface area contributed by atoms with Crippen molar-refractivity contribution in [3.63, 3.8) is 0 Å². The maximum absolute atomic E-state index is 13.4. The minimum absolute atomic E-state index is 0.00529. The van der Waals surface area contributed by atoms with Gasteiger partial charge < -0.3 is 18.9 Å². The lowest BCUT2D eigenvalue weighted by Gasteiger charge is -2.35. The maximum atomic E-state index is 13.4. The van der Waals surface area contributed by atoms with Gasteiger partial charge in [0.2, 0.25) is 6.79 Å². The Bertz CT molecular complexity index is 1250. The van der Waals surface area contributed by atoms with Crippen LogP contribution in [0.1, 0.15) is 41.3 Å². The number of nitrogens with zero attached hydrogens (tertiary/aromatic N) is 2. The molecule has 1 atom stereocenters. The van der Waals surface area contributed by atoms with Gasteiger partial charge in [0.05, 0.1) is 31.8 Å². The third kappa shape index (κ3) is 4.22. The average molecular weight is 487 g/mol. The van der Waals surface area contributed by atoms with Crippen LogP contribution in [0.5, 0.6) is 17.2 Å². The molecule has 2 aromatic carbocycles. The Balaban J connectivity index is 1.23. The van der Waals surface area contributed by atoms with E-state index in [0.29, 0.717) is 19.6 Å². The molecule has 6 rings (SSSR count). The molecule has 3 heterocycles. The van der Waals surface area contributed by atoms with Crippen LogP contribution in [0, 0.1) is 0 Å². The van der Waals surface area contributed by atoms with Gasteiger partial charge in [0, 0.05) is 37.0 Å². The fourth-order valence-corrected chi connectivity index (χ4v) is 5.40. The Labute approximate surface area is 211 Å². The Kier molecular flexibility index (Phi) is 6.11. The fourth-order valence-electron chi connectivity index (χ4n) is 5.40. The Morgan fingerprint density at radius 2 is 1.86 bits per heavy atom. The first-order valence-corrected chi connectivity index (χ1v) is 12.5. The molecule has 3 aliphatic rings. The van der Waals surface area contributed by atoms with E-state index in [-0.39, 0.29) is 18.6 Å². The van der Waals surface area contributed by atoms with Gasteiger partial charge in [-0.2, -0.15) is 0 Å². The second kappa shape index (κ2) is 9.56. The number of benzene rings is 2. The normalized spacial score (nSPS) is 19.0. The smallest absolute Gasteiger partial charge is 0.231 e. The number of fused-ring (bicyclic) bond motifs is 1. The number of carbonyl (C=O) groups is 1. The molecule has 0 amide bonds. The van der Waals surface area contributed by atoms with Crippen LogP contribution in [0.3, 0.4) is 0 Å². The molecule has 1 saturated heterocycles. The van der Waals surface area contributed by atoms with Gasteiger partial charge in [-0.1, -0.05) is 30.3 Å². The quantitative estimate of drug-likeness (QED) is 0.475. The first kappa shape index (κ1) is 23.0. The number of carbonyl (C=O) groups excluding carboxylic acids is 1. The van der Waals surface area contributed by atoms with Crippen molar-refractivity contribution in [3.8, 4) is 17.2 Å². The van der Waals surface area contributed by atoms with Crippen molar-refractivity contribution in [1.82, 2.24) is 9.88 Å². The number of Topliss-reactive ketones (excluding diaryl/α,β-unsaturated/α-hetero) is 1. The first-order chi connectivity index (χ1) is 17.7. The van der Waals surface area contributed by atoms with E-state index < -0.39 is 5.41 Å². The minimum atomic E-state index is -0.435. The summed E-state index contributed by atoms with van der Waals surface area (Å²) >= 11 is 0. The summed E-state index contributed by atoms with van der Waals surface area (Å²) in [5.74, 6) is 2.52. The maximum Gasteiger partial charge on any atom is 0.231 e. The zero-order chi connectivity index (χ0) is 24.5. The summed E-state index contributed by atoms with van der Waals surface area (Å²) in [4.78, 5) is 20.6. The first-order valence-electron chi connectivity index (χ1n) is 12.5. The third-order valence-electron chi connectivity index (χ3n) is 7.56. The molecule has 2 fully saturated rings. The molecular formula is C29H30N2O5. The van der Waals surface area contributed by atoms with Crippen molar-refractivity contribution < 1.29 is 23.7 Å². The van der Waals surface area contributed by atoms with Crippen molar-refractivity contribution in [3.05, 3.63) is 83.2 Å². The lowest BCUT2D eigenvalue weighted by Crippen LogP contribution is -2.39. The number of hydrogen-bond donors (Lipinski definition) is 0. The molecule has 2 aliphatic heterocycles. The molecule has 0 bridgehead atoms. The van der Waals surface area contributed by atoms with E-state index >= 15 is 0 Å². The van der Waals surface area contributed by atoms with Crippen molar-refractivity contribution >= 4 is 5.78 Å².